The van der Waals surface area contributed by atoms with Crippen molar-refractivity contribution >= 4 is 5.78 Å². The monoisotopic (exact) mass is 385 g/mol. The first-order valence-corrected chi connectivity index (χ1v) is 11.2. The van der Waals surface area contributed by atoms with Crippen molar-refractivity contribution in [1.29, 1.82) is 0 Å². The van der Waals surface area contributed by atoms with Gasteiger partial charge in [-0.1, -0.05) is 19.3 Å². The van der Waals surface area contributed by atoms with Gasteiger partial charge in [0.1, 0.15) is 0 Å². The maximum absolute atomic E-state index is 13.1. The van der Waals surface area contributed by atoms with Gasteiger partial charge in [0.2, 0.25) is 0 Å². The van der Waals surface area contributed by atoms with Gasteiger partial charge in [-0.3, -0.25) is 4.79 Å². The van der Waals surface area contributed by atoms with E-state index in [2.05, 4.69) is 4.90 Å². The second kappa shape index (κ2) is 8.86. The lowest BCUT2D eigenvalue weighted by Gasteiger charge is -2.33. The molecule has 1 aliphatic heterocycles. The fourth-order valence-corrected chi connectivity index (χ4v) is 5.66. The molecule has 1 saturated heterocycles. The first kappa shape index (κ1) is 19.8. The van der Waals surface area contributed by atoms with Crippen LogP contribution in [0, 0.1) is 17.8 Å². The molecule has 154 valence electrons. The van der Waals surface area contributed by atoms with Crippen LogP contribution in [0.1, 0.15) is 67.3 Å². The molecule has 0 amide bonds. The standard InChI is InChI=1S/C24H35NO3/c1-27-22-15-19-14-20(24(26)21(19)16-23(22)28-2)18-8-6-17(7-9-18)10-13-25-11-4-3-5-12-25/h15-18,20H,3-14H2,1-2H3. The SMILES string of the molecule is COc1cc2c(cc1OC)C(=O)C(C1CCC(CCN3CCCCC3)CC1)C2. The summed E-state index contributed by atoms with van der Waals surface area (Å²) in [6.45, 7) is 3.89. The molecular formula is C24H35NO3. The number of carbonyl (C=O) groups excluding carboxylic acids is 1. The molecular weight excluding hydrogens is 350 g/mol. The van der Waals surface area contributed by atoms with E-state index in [-0.39, 0.29) is 5.92 Å². The zero-order valence-electron chi connectivity index (χ0n) is 17.5. The Morgan fingerprint density at radius 1 is 0.964 bits per heavy atom. The van der Waals surface area contributed by atoms with E-state index in [1.54, 1.807) is 14.2 Å². The van der Waals surface area contributed by atoms with Gasteiger partial charge in [0.05, 0.1) is 14.2 Å². The number of rotatable bonds is 6. The third kappa shape index (κ3) is 4.07. The Balaban J connectivity index is 1.31. The Morgan fingerprint density at radius 2 is 1.64 bits per heavy atom. The Labute approximate surface area is 169 Å². The summed E-state index contributed by atoms with van der Waals surface area (Å²) in [5.41, 5.74) is 2.00. The van der Waals surface area contributed by atoms with E-state index in [4.69, 9.17) is 9.47 Å². The van der Waals surface area contributed by atoms with Gasteiger partial charge in [-0.15, -0.1) is 0 Å². The first-order chi connectivity index (χ1) is 13.7. The van der Waals surface area contributed by atoms with Gasteiger partial charge in [-0.2, -0.15) is 0 Å². The summed E-state index contributed by atoms with van der Waals surface area (Å²) < 4.78 is 10.8. The van der Waals surface area contributed by atoms with Gasteiger partial charge in [-0.05, 0) is 87.7 Å². The molecule has 1 heterocycles. The molecule has 2 aliphatic carbocycles. The normalized spacial score (nSPS) is 28.2. The summed E-state index contributed by atoms with van der Waals surface area (Å²) in [4.78, 5) is 15.7. The van der Waals surface area contributed by atoms with Crippen molar-refractivity contribution in [2.24, 2.45) is 17.8 Å². The summed E-state index contributed by atoms with van der Waals surface area (Å²) in [5, 5.41) is 0. The minimum absolute atomic E-state index is 0.162. The predicted molar refractivity (Wildman–Crippen MR) is 111 cm³/mol. The van der Waals surface area contributed by atoms with Crippen LogP contribution in [-0.4, -0.2) is 44.5 Å². The van der Waals surface area contributed by atoms with Crippen LogP contribution >= 0.6 is 0 Å². The van der Waals surface area contributed by atoms with Crippen LogP contribution in [0.5, 0.6) is 11.5 Å². The zero-order chi connectivity index (χ0) is 19.5. The van der Waals surface area contributed by atoms with Crippen molar-refractivity contribution < 1.29 is 14.3 Å². The summed E-state index contributed by atoms with van der Waals surface area (Å²) in [7, 11) is 3.29. The van der Waals surface area contributed by atoms with Crippen LogP contribution in [0.4, 0.5) is 0 Å². The number of hydrogen-bond acceptors (Lipinski definition) is 4. The Bertz CT molecular complexity index is 687. The minimum atomic E-state index is 0.162. The number of likely N-dealkylation sites (tertiary alicyclic amines) is 1. The topological polar surface area (TPSA) is 38.8 Å². The van der Waals surface area contributed by atoms with Crippen LogP contribution in [0.15, 0.2) is 12.1 Å². The predicted octanol–water partition coefficient (Wildman–Crippen LogP) is 4.74. The Kier molecular flexibility index (Phi) is 6.25. The second-order valence-electron chi connectivity index (χ2n) is 9.01. The molecule has 4 heteroatoms. The molecule has 0 spiro atoms. The Hall–Kier alpha value is -1.55. The smallest absolute Gasteiger partial charge is 0.166 e. The highest BCUT2D eigenvalue weighted by molar-refractivity contribution is 6.03. The van der Waals surface area contributed by atoms with Gasteiger partial charge >= 0.3 is 0 Å². The third-order valence-electron chi connectivity index (χ3n) is 7.41. The van der Waals surface area contributed by atoms with Crippen LogP contribution in [0.3, 0.4) is 0 Å². The van der Waals surface area contributed by atoms with E-state index in [0.29, 0.717) is 17.5 Å². The molecule has 1 unspecified atom stereocenters. The van der Waals surface area contributed by atoms with E-state index in [1.165, 1.54) is 71.0 Å². The molecule has 0 bridgehead atoms. The van der Waals surface area contributed by atoms with Crippen molar-refractivity contribution in [3.63, 3.8) is 0 Å². The average Bonchev–Trinajstić information content (AvgIpc) is 3.08. The van der Waals surface area contributed by atoms with Gasteiger partial charge in [0.15, 0.2) is 17.3 Å². The number of methoxy groups -OCH3 is 2. The fourth-order valence-electron chi connectivity index (χ4n) is 5.66. The summed E-state index contributed by atoms with van der Waals surface area (Å²) in [5.74, 6) is 3.29. The number of benzene rings is 1. The lowest BCUT2D eigenvalue weighted by Crippen LogP contribution is -2.32. The molecule has 28 heavy (non-hydrogen) atoms. The molecule has 1 aromatic rings. The van der Waals surface area contributed by atoms with Gasteiger partial charge < -0.3 is 14.4 Å². The van der Waals surface area contributed by atoms with Crippen LogP contribution in [-0.2, 0) is 6.42 Å². The second-order valence-corrected chi connectivity index (χ2v) is 9.01. The summed E-state index contributed by atoms with van der Waals surface area (Å²) >= 11 is 0. The largest absolute Gasteiger partial charge is 0.493 e. The molecule has 4 nitrogen and oxygen atoms in total. The highest BCUT2D eigenvalue weighted by atomic mass is 16.5. The van der Waals surface area contributed by atoms with Crippen molar-refractivity contribution in [3.05, 3.63) is 23.3 Å². The van der Waals surface area contributed by atoms with Gasteiger partial charge in [0.25, 0.3) is 0 Å². The molecule has 0 aromatic heterocycles. The van der Waals surface area contributed by atoms with Gasteiger partial charge in [-0.25, -0.2) is 0 Å². The van der Waals surface area contributed by atoms with E-state index in [9.17, 15) is 4.79 Å². The van der Waals surface area contributed by atoms with Crippen LogP contribution < -0.4 is 9.47 Å². The summed E-state index contributed by atoms with van der Waals surface area (Å²) in [6.07, 6.45) is 11.4. The van der Waals surface area contributed by atoms with E-state index >= 15 is 0 Å². The number of Topliss-reactive ketones (excluding diaryl/α,β-unsaturated/α-hetero) is 1. The number of nitrogens with zero attached hydrogens (tertiary/aromatic N) is 1. The lowest BCUT2D eigenvalue weighted by molar-refractivity contribution is 0.0847. The molecule has 4 rings (SSSR count). The highest BCUT2D eigenvalue weighted by Gasteiger charge is 2.38. The molecule has 3 aliphatic rings. The van der Waals surface area contributed by atoms with Crippen molar-refractivity contribution in [1.82, 2.24) is 4.90 Å². The molecule has 1 saturated carbocycles. The first-order valence-electron chi connectivity index (χ1n) is 11.2. The van der Waals surface area contributed by atoms with Crippen LogP contribution in [0.2, 0.25) is 0 Å². The van der Waals surface area contributed by atoms with Crippen LogP contribution in [0.25, 0.3) is 0 Å². The number of fused-ring (bicyclic) bond motifs is 1. The zero-order valence-corrected chi connectivity index (χ0v) is 17.5. The minimum Gasteiger partial charge on any atom is -0.493 e. The Morgan fingerprint density at radius 3 is 2.32 bits per heavy atom. The average molecular weight is 386 g/mol. The maximum Gasteiger partial charge on any atom is 0.166 e. The number of ether oxygens (including phenoxy) is 2. The third-order valence-corrected chi connectivity index (χ3v) is 7.41. The highest BCUT2D eigenvalue weighted by Crippen LogP contribution is 2.43. The van der Waals surface area contributed by atoms with Crippen molar-refractivity contribution in [2.45, 2.75) is 57.8 Å². The molecule has 1 atom stereocenters. The van der Waals surface area contributed by atoms with Crippen molar-refractivity contribution in [2.75, 3.05) is 33.9 Å². The number of carbonyl (C=O) groups is 1. The number of piperidine rings is 1. The quantitative estimate of drug-likeness (QED) is 0.709. The summed E-state index contributed by atoms with van der Waals surface area (Å²) in [6, 6.07) is 3.90. The number of ketones is 1. The fraction of sp³-hybridized carbons (Fsp3) is 0.708. The van der Waals surface area contributed by atoms with E-state index in [1.807, 2.05) is 12.1 Å². The molecule has 1 aromatic carbocycles. The number of hydrogen-bond donors (Lipinski definition) is 0. The van der Waals surface area contributed by atoms with E-state index < -0.39 is 0 Å². The van der Waals surface area contributed by atoms with Gasteiger partial charge in [0, 0.05) is 11.5 Å². The molecule has 2 fully saturated rings. The molecule has 0 radical (unpaired) electrons. The van der Waals surface area contributed by atoms with E-state index in [0.717, 1.165) is 29.2 Å². The van der Waals surface area contributed by atoms with Crippen molar-refractivity contribution in [3.8, 4) is 11.5 Å². The lowest BCUT2D eigenvalue weighted by atomic mass is 9.73. The maximum atomic E-state index is 13.1. The molecule has 0 N–H and O–H groups in total.